The Morgan fingerprint density at radius 1 is 1.30 bits per heavy atom. The van der Waals surface area contributed by atoms with Crippen LogP contribution < -0.4 is 15.0 Å². The van der Waals surface area contributed by atoms with E-state index >= 15 is 4.39 Å². The molecule has 3 fully saturated rings. The largest absolute Gasteiger partial charge is 0.508 e. The molecule has 3 aliphatic rings. The maximum absolute atomic E-state index is 16.0. The molecule has 6 rings (SSSR count). The predicted octanol–water partition coefficient (Wildman–Crippen LogP) is 3.25. The topological polar surface area (TPSA) is 92.6 Å². The first kappa shape index (κ1) is 20.8. The minimum absolute atomic E-state index is 0.0320. The maximum atomic E-state index is 16.0. The van der Waals surface area contributed by atoms with E-state index in [1.807, 2.05) is 0 Å². The molecule has 1 spiro atoms. The van der Waals surface area contributed by atoms with Crippen molar-refractivity contribution in [2.75, 3.05) is 44.9 Å². The summed E-state index contributed by atoms with van der Waals surface area (Å²) < 4.78 is 26.7. The van der Waals surface area contributed by atoms with Crippen molar-refractivity contribution in [1.82, 2.24) is 20.3 Å². The molecule has 0 amide bonds. The summed E-state index contributed by atoms with van der Waals surface area (Å²) in [5.41, 5.74) is 1.43. The zero-order valence-electron chi connectivity index (χ0n) is 18.1. The summed E-state index contributed by atoms with van der Waals surface area (Å²) in [6.07, 6.45) is 3.55. The SMILES string of the molecule is COc1nc(N2CCNC3(COC3)C2)c2cnc(-c3cc(O)cc(Cl)c3C3CC3)c(F)c2n1. The van der Waals surface area contributed by atoms with Gasteiger partial charge in [-0.2, -0.15) is 9.97 Å². The summed E-state index contributed by atoms with van der Waals surface area (Å²) in [5.74, 6) is 0.200. The molecule has 4 heterocycles. The van der Waals surface area contributed by atoms with Gasteiger partial charge in [0.15, 0.2) is 5.82 Å². The molecule has 1 aliphatic carbocycles. The summed E-state index contributed by atoms with van der Waals surface area (Å²) in [5, 5.41) is 14.6. The molecule has 2 aromatic heterocycles. The average Bonchev–Trinajstić information content (AvgIpc) is 3.62. The summed E-state index contributed by atoms with van der Waals surface area (Å²) in [6.45, 7) is 3.40. The first-order valence-corrected chi connectivity index (χ1v) is 11.4. The lowest BCUT2D eigenvalue weighted by atomic mass is 9.94. The van der Waals surface area contributed by atoms with Crippen LogP contribution in [0.2, 0.25) is 5.02 Å². The van der Waals surface area contributed by atoms with Crippen molar-refractivity contribution in [1.29, 1.82) is 0 Å². The smallest absolute Gasteiger partial charge is 0.318 e. The van der Waals surface area contributed by atoms with Crippen LogP contribution in [0.4, 0.5) is 10.2 Å². The van der Waals surface area contributed by atoms with E-state index in [-0.39, 0.29) is 34.4 Å². The van der Waals surface area contributed by atoms with E-state index in [1.165, 1.54) is 19.2 Å². The number of pyridine rings is 1. The van der Waals surface area contributed by atoms with Crippen molar-refractivity contribution in [2.45, 2.75) is 24.3 Å². The number of hydrogen-bond donors (Lipinski definition) is 2. The van der Waals surface area contributed by atoms with Gasteiger partial charge in [-0.3, -0.25) is 4.98 Å². The van der Waals surface area contributed by atoms with Gasteiger partial charge >= 0.3 is 6.01 Å². The van der Waals surface area contributed by atoms with E-state index in [1.54, 1.807) is 6.20 Å². The quantitative estimate of drug-likeness (QED) is 0.599. The molecule has 172 valence electrons. The zero-order valence-corrected chi connectivity index (χ0v) is 18.8. The van der Waals surface area contributed by atoms with Gasteiger partial charge in [0.2, 0.25) is 0 Å². The molecule has 10 heteroatoms. The molecule has 1 aromatic carbocycles. The second kappa shape index (κ2) is 7.65. The third-order valence-electron chi connectivity index (χ3n) is 6.61. The number of anilines is 1. The second-order valence-electron chi connectivity index (χ2n) is 9.00. The number of hydrogen-bond acceptors (Lipinski definition) is 8. The average molecular weight is 472 g/mol. The van der Waals surface area contributed by atoms with Crippen molar-refractivity contribution in [2.24, 2.45) is 0 Å². The van der Waals surface area contributed by atoms with E-state index in [4.69, 9.17) is 21.1 Å². The first-order chi connectivity index (χ1) is 16.0. The normalized spacial score (nSPS) is 19.7. The van der Waals surface area contributed by atoms with Crippen LogP contribution in [0.15, 0.2) is 18.3 Å². The number of halogens is 2. The third kappa shape index (κ3) is 3.46. The van der Waals surface area contributed by atoms with Gasteiger partial charge < -0.3 is 24.8 Å². The highest BCUT2D eigenvalue weighted by atomic mass is 35.5. The third-order valence-corrected chi connectivity index (χ3v) is 6.93. The number of phenols is 1. The fraction of sp³-hybridized carbons (Fsp3) is 0.435. The molecule has 0 unspecified atom stereocenters. The van der Waals surface area contributed by atoms with E-state index in [9.17, 15) is 5.11 Å². The summed E-state index contributed by atoms with van der Waals surface area (Å²) in [4.78, 5) is 15.5. The number of nitrogens with one attached hydrogen (secondary N) is 1. The first-order valence-electron chi connectivity index (χ1n) is 11.0. The molecule has 2 saturated heterocycles. The Labute approximate surface area is 194 Å². The van der Waals surface area contributed by atoms with Crippen LogP contribution in [0.1, 0.15) is 24.3 Å². The monoisotopic (exact) mass is 471 g/mol. The van der Waals surface area contributed by atoms with Gasteiger partial charge in [-0.15, -0.1) is 0 Å². The standard InChI is InChI=1S/C23H23ClFN5O3/c1-32-22-28-20-15(21(29-22)30-5-4-27-23(9-30)10-33-11-23)8-26-19(18(20)25)14-6-13(31)7-16(24)17(14)12-2-3-12/h6-8,12,27,31H,2-5,9-11H2,1H3. The fourth-order valence-electron chi connectivity index (χ4n) is 4.81. The minimum atomic E-state index is -0.588. The number of aromatic hydroxyl groups is 1. The predicted molar refractivity (Wildman–Crippen MR) is 122 cm³/mol. The number of fused-ring (bicyclic) bond motifs is 1. The van der Waals surface area contributed by atoms with Gasteiger partial charge in [-0.25, -0.2) is 4.39 Å². The lowest BCUT2D eigenvalue weighted by Gasteiger charge is -2.49. The number of nitrogens with zero attached hydrogens (tertiary/aromatic N) is 4. The van der Waals surface area contributed by atoms with Gasteiger partial charge in [0.25, 0.3) is 0 Å². The van der Waals surface area contributed by atoms with Crippen molar-refractivity contribution in [3.05, 3.63) is 34.7 Å². The highest BCUT2D eigenvalue weighted by molar-refractivity contribution is 6.32. The molecule has 0 bridgehead atoms. The molecular formula is C23H23ClFN5O3. The number of ether oxygens (including phenoxy) is 2. The molecule has 3 aromatic rings. The number of benzene rings is 1. The van der Waals surface area contributed by atoms with Crippen LogP contribution in [0.25, 0.3) is 22.2 Å². The molecule has 2 aliphatic heterocycles. The summed E-state index contributed by atoms with van der Waals surface area (Å²) in [7, 11) is 1.46. The second-order valence-corrected chi connectivity index (χ2v) is 9.41. The minimum Gasteiger partial charge on any atom is -0.508 e. The van der Waals surface area contributed by atoms with E-state index < -0.39 is 5.82 Å². The maximum Gasteiger partial charge on any atom is 0.318 e. The zero-order chi connectivity index (χ0) is 22.7. The number of methoxy groups -OCH3 is 1. The highest BCUT2D eigenvalue weighted by Gasteiger charge is 2.43. The van der Waals surface area contributed by atoms with Gasteiger partial charge in [-0.05, 0) is 36.5 Å². The molecule has 2 N–H and O–H groups in total. The van der Waals surface area contributed by atoms with Crippen LogP contribution in [0, 0.1) is 5.82 Å². The van der Waals surface area contributed by atoms with Crippen molar-refractivity contribution in [3.63, 3.8) is 0 Å². The van der Waals surface area contributed by atoms with Crippen molar-refractivity contribution in [3.8, 4) is 23.0 Å². The number of phenolic OH excluding ortho intramolecular Hbond substituents is 1. The molecule has 0 atom stereocenters. The van der Waals surface area contributed by atoms with Crippen LogP contribution in [0.3, 0.4) is 0 Å². The Kier molecular flexibility index (Phi) is 4.83. The van der Waals surface area contributed by atoms with Crippen LogP contribution in [-0.2, 0) is 4.74 Å². The van der Waals surface area contributed by atoms with E-state index in [2.05, 4.69) is 25.2 Å². The van der Waals surface area contributed by atoms with Gasteiger partial charge in [0, 0.05) is 36.4 Å². The lowest BCUT2D eigenvalue weighted by molar-refractivity contribution is -0.0743. The molecule has 33 heavy (non-hydrogen) atoms. The summed E-state index contributed by atoms with van der Waals surface area (Å²) >= 11 is 6.43. The Bertz CT molecular complexity index is 1260. The molecule has 0 radical (unpaired) electrons. The highest BCUT2D eigenvalue weighted by Crippen LogP contribution is 2.49. The van der Waals surface area contributed by atoms with Crippen LogP contribution in [0.5, 0.6) is 11.8 Å². The Morgan fingerprint density at radius 2 is 2.12 bits per heavy atom. The lowest BCUT2D eigenvalue weighted by Crippen LogP contribution is -2.70. The molecular weight excluding hydrogens is 449 g/mol. The Hall–Kier alpha value is -2.75. The van der Waals surface area contributed by atoms with Gasteiger partial charge in [-0.1, -0.05) is 11.6 Å². The Morgan fingerprint density at radius 3 is 2.82 bits per heavy atom. The van der Waals surface area contributed by atoms with Gasteiger partial charge in [0.05, 0.1) is 31.2 Å². The van der Waals surface area contributed by atoms with Gasteiger partial charge in [0.1, 0.15) is 22.8 Å². The number of rotatable bonds is 4. The number of piperazine rings is 1. The van der Waals surface area contributed by atoms with E-state index in [0.29, 0.717) is 48.1 Å². The molecule has 8 nitrogen and oxygen atoms in total. The van der Waals surface area contributed by atoms with E-state index in [0.717, 1.165) is 24.9 Å². The van der Waals surface area contributed by atoms with Crippen LogP contribution >= 0.6 is 11.6 Å². The number of aromatic nitrogens is 3. The van der Waals surface area contributed by atoms with Crippen molar-refractivity contribution >= 4 is 28.3 Å². The summed E-state index contributed by atoms with van der Waals surface area (Å²) in [6, 6.07) is 3.10. The Balaban J connectivity index is 1.51. The fourth-order valence-corrected chi connectivity index (χ4v) is 5.18. The van der Waals surface area contributed by atoms with Crippen LogP contribution in [-0.4, -0.2) is 65.6 Å². The molecule has 1 saturated carbocycles. The van der Waals surface area contributed by atoms with Crippen molar-refractivity contribution < 1.29 is 19.0 Å².